The number of rotatable bonds is 3. The average Bonchev–Trinajstić information content (AvgIpc) is 3.28. The van der Waals surface area contributed by atoms with Gasteiger partial charge >= 0.3 is 0 Å². The summed E-state index contributed by atoms with van der Waals surface area (Å²) < 4.78 is 24.6. The minimum Gasteiger partial charge on any atom is -0.377 e. The van der Waals surface area contributed by atoms with Crippen molar-refractivity contribution in [1.82, 2.24) is 15.0 Å². The van der Waals surface area contributed by atoms with Gasteiger partial charge in [-0.05, 0) is 31.0 Å². The van der Waals surface area contributed by atoms with Crippen molar-refractivity contribution in [3.05, 3.63) is 41.8 Å². The van der Waals surface area contributed by atoms with Crippen molar-refractivity contribution in [3.63, 3.8) is 0 Å². The van der Waals surface area contributed by atoms with Crippen molar-refractivity contribution in [2.24, 2.45) is 5.92 Å². The number of carbonyl (C=O) groups excluding carboxylic acids is 1. The molecule has 9 heteroatoms. The van der Waals surface area contributed by atoms with Crippen LogP contribution in [0.25, 0.3) is 0 Å². The molecule has 4 rings (SSSR count). The molecule has 1 unspecified atom stereocenters. The van der Waals surface area contributed by atoms with E-state index >= 15 is 0 Å². The fourth-order valence-corrected chi connectivity index (χ4v) is 3.84. The number of nitriles is 1. The molecule has 2 fully saturated rings. The molecular formula is C19H20FN5O3. The number of hydrogen-bond acceptors (Lipinski definition) is 7. The largest absolute Gasteiger partial charge is 0.377 e. The molecule has 1 aromatic heterocycles. The molecule has 2 aliphatic rings. The predicted octanol–water partition coefficient (Wildman–Crippen LogP) is 1.90. The molecule has 8 nitrogen and oxygen atoms in total. The maximum atomic E-state index is 14.3. The lowest BCUT2D eigenvalue weighted by Gasteiger charge is -2.39. The van der Waals surface area contributed by atoms with E-state index < -0.39 is 5.82 Å². The van der Waals surface area contributed by atoms with Crippen LogP contribution in [0.4, 0.5) is 10.1 Å². The number of carbonyl (C=O) groups is 1. The minimum atomic E-state index is -0.408. The first-order valence-corrected chi connectivity index (χ1v) is 9.26. The number of piperidine rings is 1. The van der Waals surface area contributed by atoms with Gasteiger partial charge in [0, 0.05) is 25.6 Å². The molecule has 0 aliphatic carbocycles. The van der Waals surface area contributed by atoms with Crippen LogP contribution in [-0.2, 0) is 9.53 Å². The zero-order chi connectivity index (χ0) is 19.5. The topological polar surface area (TPSA) is 95.5 Å². The summed E-state index contributed by atoms with van der Waals surface area (Å²) in [6.45, 7) is 2.48. The van der Waals surface area contributed by atoms with Gasteiger partial charge in [-0.3, -0.25) is 4.79 Å². The molecule has 0 bridgehead atoms. The van der Waals surface area contributed by atoms with Gasteiger partial charge in [0.15, 0.2) is 5.82 Å². The minimum absolute atomic E-state index is 0.0538. The highest BCUT2D eigenvalue weighted by Crippen LogP contribution is 2.30. The fraction of sp³-hybridized carbons (Fsp3) is 0.474. The maximum absolute atomic E-state index is 14.3. The summed E-state index contributed by atoms with van der Waals surface area (Å²) >= 11 is 0. The van der Waals surface area contributed by atoms with E-state index in [1.54, 1.807) is 17.0 Å². The van der Waals surface area contributed by atoms with Crippen LogP contribution >= 0.6 is 0 Å². The van der Waals surface area contributed by atoms with Crippen LogP contribution in [0.2, 0.25) is 0 Å². The van der Waals surface area contributed by atoms with E-state index in [1.165, 1.54) is 12.5 Å². The second-order valence-corrected chi connectivity index (χ2v) is 6.95. The van der Waals surface area contributed by atoms with Crippen molar-refractivity contribution in [1.29, 1.82) is 5.26 Å². The first-order valence-electron chi connectivity index (χ1n) is 9.26. The zero-order valence-electron chi connectivity index (χ0n) is 15.3. The van der Waals surface area contributed by atoms with Gasteiger partial charge < -0.3 is 19.1 Å². The van der Waals surface area contributed by atoms with Crippen LogP contribution in [0.1, 0.15) is 30.3 Å². The van der Waals surface area contributed by atoms with E-state index in [0.29, 0.717) is 62.8 Å². The number of morpholine rings is 1. The molecule has 2 saturated heterocycles. The summed E-state index contributed by atoms with van der Waals surface area (Å²) in [5.41, 5.74) is 0.770. The molecule has 0 radical (unpaired) electrons. The highest BCUT2D eigenvalue weighted by Gasteiger charge is 2.36. The Morgan fingerprint density at radius 2 is 2.11 bits per heavy atom. The first kappa shape index (κ1) is 18.4. The predicted molar refractivity (Wildman–Crippen MR) is 95.6 cm³/mol. The molecular weight excluding hydrogens is 365 g/mol. The highest BCUT2D eigenvalue weighted by molar-refractivity contribution is 5.79. The standard InChI is InChI=1S/C19H20FN5O3/c20-15-9-13(10-21)1-2-16(15)24-5-3-14(4-6-24)19(26)25-7-8-27-11-17(25)18-22-12-28-23-18/h1-2,9,12,14,17H,3-8,11H2. The Balaban J connectivity index is 1.42. The third-order valence-electron chi connectivity index (χ3n) is 5.35. The molecule has 1 aromatic carbocycles. The molecule has 2 aromatic rings. The Morgan fingerprint density at radius 1 is 1.29 bits per heavy atom. The molecule has 28 heavy (non-hydrogen) atoms. The van der Waals surface area contributed by atoms with Gasteiger partial charge in [0.25, 0.3) is 0 Å². The molecule has 0 spiro atoms. The third-order valence-corrected chi connectivity index (χ3v) is 5.35. The second kappa shape index (κ2) is 7.94. The number of amides is 1. The van der Waals surface area contributed by atoms with Gasteiger partial charge in [-0.1, -0.05) is 5.16 Å². The smallest absolute Gasteiger partial charge is 0.226 e. The average molecular weight is 385 g/mol. The van der Waals surface area contributed by atoms with Crippen molar-refractivity contribution >= 4 is 11.6 Å². The number of aromatic nitrogens is 2. The lowest BCUT2D eigenvalue weighted by atomic mass is 9.94. The summed E-state index contributed by atoms with van der Waals surface area (Å²) in [5.74, 6) is -0.0393. The zero-order valence-corrected chi connectivity index (χ0v) is 15.3. The second-order valence-electron chi connectivity index (χ2n) is 6.95. The summed E-state index contributed by atoms with van der Waals surface area (Å²) in [6.07, 6.45) is 2.51. The number of halogens is 1. The molecule has 0 N–H and O–H groups in total. The monoisotopic (exact) mass is 385 g/mol. The van der Waals surface area contributed by atoms with Crippen LogP contribution in [0.3, 0.4) is 0 Å². The molecule has 1 atom stereocenters. The number of benzene rings is 1. The summed E-state index contributed by atoms with van der Waals surface area (Å²) in [4.78, 5) is 20.9. The Bertz CT molecular complexity index is 874. The molecule has 1 amide bonds. The Kier molecular flexibility index (Phi) is 5.21. The quantitative estimate of drug-likeness (QED) is 0.796. The SMILES string of the molecule is N#Cc1ccc(N2CCC(C(=O)N3CCOCC3c3ncon3)CC2)c(F)c1. The fourth-order valence-electron chi connectivity index (χ4n) is 3.84. The Morgan fingerprint density at radius 3 is 2.79 bits per heavy atom. The van der Waals surface area contributed by atoms with Crippen LogP contribution in [0, 0.1) is 23.1 Å². The van der Waals surface area contributed by atoms with Crippen molar-refractivity contribution in [3.8, 4) is 6.07 Å². The molecule has 0 saturated carbocycles. The van der Waals surface area contributed by atoms with E-state index in [-0.39, 0.29) is 17.9 Å². The van der Waals surface area contributed by atoms with Gasteiger partial charge in [-0.2, -0.15) is 10.2 Å². The van der Waals surface area contributed by atoms with E-state index in [0.717, 1.165) is 0 Å². The number of ether oxygens (including phenoxy) is 1. The van der Waals surface area contributed by atoms with E-state index in [9.17, 15) is 9.18 Å². The van der Waals surface area contributed by atoms with Crippen LogP contribution in [0.15, 0.2) is 29.1 Å². The van der Waals surface area contributed by atoms with Gasteiger partial charge in [0.05, 0.1) is 30.5 Å². The van der Waals surface area contributed by atoms with Crippen molar-refractivity contribution in [2.45, 2.75) is 18.9 Å². The normalized spacial score (nSPS) is 20.8. The van der Waals surface area contributed by atoms with E-state index in [4.69, 9.17) is 14.5 Å². The van der Waals surface area contributed by atoms with Gasteiger partial charge in [0.2, 0.25) is 12.3 Å². The summed E-state index contributed by atoms with van der Waals surface area (Å²) in [7, 11) is 0. The summed E-state index contributed by atoms with van der Waals surface area (Å²) in [6, 6.07) is 6.08. The number of anilines is 1. The lowest BCUT2D eigenvalue weighted by molar-refractivity contribution is -0.145. The van der Waals surface area contributed by atoms with E-state index in [1.807, 2.05) is 11.0 Å². The van der Waals surface area contributed by atoms with Gasteiger partial charge in [0.1, 0.15) is 11.9 Å². The van der Waals surface area contributed by atoms with Gasteiger partial charge in [-0.25, -0.2) is 4.39 Å². The Hall–Kier alpha value is -2.99. The number of hydrogen-bond donors (Lipinski definition) is 0. The highest BCUT2D eigenvalue weighted by atomic mass is 19.1. The molecule has 146 valence electrons. The summed E-state index contributed by atoms with van der Waals surface area (Å²) in [5, 5.41) is 12.7. The van der Waals surface area contributed by atoms with Crippen LogP contribution < -0.4 is 4.90 Å². The van der Waals surface area contributed by atoms with E-state index in [2.05, 4.69) is 10.1 Å². The molecule has 3 heterocycles. The van der Waals surface area contributed by atoms with Crippen LogP contribution in [-0.4, -0.2) is 53.8 Å². The maximum Gasteiger partial charge on any atom is 0.226 e. The van der Waals surface area contributed by atoms with Crippen molar-refractivity contribution in [2.75, 3.05) is 37.7 Å². The van der Waals surface area contributed by atoms with Crippen molar-refractivity contribution < 1.29 is 18.4 Å². The lowest BCUT2D eigenvalue weighted by Crippen LogP contribution is -2.48. The third kappa shape index (κ3) is 3.55. The first-order chi connectivity index (χ1) is 13.7. The van der Waals surface area contributed by atoms with Crippen LogP contribution in [0.5, 0.6) is 0 Å². The number of nitrogens with zero attached hydrogens (tertiary/aromatic N) is 5. The Labute approximate surface area is 161 Å². The molecule has 2 aliphatic heterocycles. The van der Waals surface area contributed by atoms with Gasteiger partial charge in [-0.15, -0.1) is 0 Å².